The van der Waals surface area contributed by atoms with E-state index in [4.69, 9.17) is 13.7 Å². The molecular weight excluding hydrogens is 388 g/mol. The number of ether oxygens (including phenoxy) is 2. The van der Waals surface area contributed by atoms with Gasteiger partial charge < -0.3 is 14.6 Å². The van der Waals surface area contributed by atoms with Crippen molar-refractivity contribution in [2.45, 2.75) is 37.1 Å². The lowest BCUT2D eigenvalue weighted by Crippen LogP contribution is -2.57. The second-order valence-electron chi connectivity index (χ2n) is 6.77. The fourth-order valence-corrected chi connectivity index (χ4v) is 4.23. The van der Waals surface area contributed by atoms with Gasteiger partial charge in [-0.25, -0.2) is 9.59 Å². The Balaban J connectivity index is 2.38. The molecule has 154 valence electrons. The maximum absolute atomic E-state index is 12.5. The zero-order valence-electron chi connectivity index (χ0n) is 15.7. The van der Waals surface area contributed by atoms with E-state index in [-0.39, 0.29) is 24.8 Å². The van der Waals surface area contributed by atoms with Crippen molar-refractivity contribution >= 4 is 22.1 Å². The van der Waals surface area contributed by atoms with E-state index in [2.05, 4.69) is 6.58 Å². The van der Waals surface area contributed by atoms with Gasteiger partial charge in [-0.15, -0.1) is 6.58 Å². The Morgan fingerprint density at radius 2 is 1.93 bits per heavy atom. The highest BCUT2D eigenvalue weighted by molar-refractivity contribution is 7.86. The van der Waals surface area contributed by atoms with Gasteiger partial charge in [-0.3, -0.25) is 4.18 Å². The number of carbonyl (C=O) groups excluding carboxylic acids is 2. The zero-order chi connectivity index (χ0) is 20.9. The predicted molar refractivity (Wildman–Crippen MR) is 99.9 cm³/mol. The van der Waals surface area contributed by atoms with E-state index in [0.29, 0.717) is 0 Å². The minimum absolute atomic E-state index is 0.126. The van der Waals surface area contributed by atoms with Crippen molar-refractivity contribution < 1.29 is 36.8 Å². The summed E-state index contributed by atoms with van der Waals surface area (Å²) in [7, 11) is -2.94. The molecule has 1 aromatic rings. The van der Waals surface area contributed by atoms with E-state index < -0.39 is 45.8 Å². The Labute approximate surface area is 164 Å². The van der Waals surface area contributed by atoms with Crippen LogP contribution in [-0.2, 0) is 28.6 Å². The molecule has 0 heterocycles. The molecule has 0 spiro atoms. The number of esters is 2. The van der Waals surface area contributed by atoms with Gasteiger partial charge >= 0.3 is 11.9 Å². The van der Waals surface area contributed by atoms with Crippen LogP contribution in [-0.4, -0.2) is 56.6 Å². The highest BCUT2D eigenvalue weighted by atomic mass is 32.2. The van der Waals surface area contributed by atoms with Gasteiger partial charge in [-0.05, 0) is 30.9 Å². The third kappa shape index (κ3) is 5.18. The van der Waals surface area contributed by atoms with Crippen molar-refractivity contribution in [1.82, 2.24) is 0 Å². The van der Waals surface area contributed by atoms with Crippen molar-refractivity contribution in [3.63, 3.8) is 0 Å². The average Bonchev–Trinajstić information content (AvgIpc) is 2.64. The number of aliphatic hydroxyl groups is 1. The van der Waals surface area contributed by atoms with Crippen LogP contribution in [0.2, 0.25) is 0 Å². The summed E-state index contributed by atoms with van der Waals surface area (Å²) < 4.78 is 38.9. The molecule has 0 aromatic heterocycles. The van der Waals surface area contributed by atoms with Crippen LogP contribution in [0.1, 0.15) is 29.6 Å². The van der Waals surface area contributed by atoms with E-state index in [0.717, 1.165) is 13.4 Å². The van der Waals surface area contributed by atoms with Gasteiger partial charge in [0.1, 0.15) is 6.10 Å². The Bertz CT molecular complexity index is 820. The molecule has 0 aliphatic heterocycles. The van der Waals surface area contributed by atoms with Crippen LogP contribution in [0.25, 0.3) is 0 Å². The first-order valence-electron chi connectivity index (χ1n) is 8.66. The maximum Gasteiger partial charge on any atom is 0.339 e. The summed E-state index contributed by atoms with van der Waals surface area (Å²) in [6.45, 7) is 3.62. The van der Waals surface area contributed by atoms with Crippen molar-refractivity contribution in [2.75, 3.05) is 13.4 Å². The number of aliphatic hydroxyl groups excluding tert-OH is 1. The van der Waals surface area contributed by atoms with Crippen LogP contribution in [0.15, 0.2) is 43.0 Å². The Morgan fingerprint density at radius 3 is 2.46 bits per heavy atom. The third-order valence-corrected chi connectivity index (χ3v) is 5.21. The number of benzene rings is 1. The first-order valence-corrected chi connectivity index (χ1v) is 10.5. The molecule has 0 bridgehead atoms. The van der Waals surface area contributed by atoms with Crippen LogP contribution >= 0.6 is 0 Å². The molecule has 0 saturated heterocycles. The molecule has 1 fully saturated rings. The minimum atomic E-state index is -4.05. The quantitative estimate of drug-likeness (QED) is 0.406. The Morgan fingerprint density at radius 1 is 1.29 bits per heavy atom. The lowest BCUT2D eigenvalue weighted by molar-refractivity contribution is -0.176. The predicted octanol–water partition coefficient (Wildman–Crippen LogP) is 1.45. The van der Waals surface area contributed by atoms with E-state index >= 15 is 0 Å². The second-order valence-corrected chi connectivity index (χ2v) is 8.34. The number of hydrogen-bond donors (Lipinski definition) is 1. The van der Waals surface area contributed by atoms with Crippen molar-refractivity contribution in [3.8, 4) is 0 Å². The molecule has 2 rings (SSSR count). The van der Waals surface area contributed by atoms with E-state index in [1.165, 1.54) is 6.08 Å². The van der Waals surface area contributed by atoms with Gasteiger partial charge in [0.2, 0.25) is 0 Å². The van der Waals surface area contributed by atoms with E-state index in [1.54, 1.807) is 30.3 Å². The summed E-state index contributed by atoms with van der Waals surface area (Å²) >= 11 is 0. The molecule has 4 atom stereocenters. The monoisotopic (exact) mass is 412 g/mol. The van der Waals surface area contributed by atoms with Gasteiger partial charge in [-0.2, -0.15) is 8.42 Å². The first-order chi connectivity index (χ1) is 13.1. The topological polar surface area (TPSA) is 116 Å². The van der Waals surface area contributed by atoms with E-state index in [9.17, 15) is 23.1 Å². The average molecular weight is 412 g/mol. The highest BCUT2D eigenvalue weighted by Crippen LogP contribution is 2.40. The molecule has 9 heteroatoms. The normalized spacial score (nSPS) is 27.6. The SMILES string of the molecule is C=CCC1CC(OS(C)(=O)=O)(C(=O)OC)CC(OC(=O)c2ccccc2)C1O. The van der Waals surface area contributed by atoms with Crippen molar-refractivity contribution in [3.05, 3.63) is 48.6 Å². The summed E-state index contributed by atoms with van der Waals surface area (Å²) in [6, 6.07) is 8.12. The molecule has 4 unspecified atom stereocenters. The standard InChI is InChI=1S/C19H24O8S/c1-4-8-14-11-19(18(22)25-2,27-28(3,23)24)12-15(16(14)20)26-17(21)13-9-6-5-7-10-13/h4-7,9-10,14-16,20H,1,8,11-12H2,2-3H3. The number of methoxy groups -OCH3 is 1. The number of carbonyl (C=O) groups is 2. The molecular formula is C19H24O8S. The van der Waals surface area contributed by atoms with Gasteiger partial charge in [0.25, 0.3) is 10.1 Å². The van der Waals surface area contributed by atoms with Gasteiger partial charge in [0, 0.05) is 6.42 Å². The van der Waals surface area contributed by atoms with Crippen molar-refractivity contribution in [2.24, 2.45) is 5.92 Å². The molecule has 28 heavy (non-hydrogen) atoms. The fraction of sp³-hybridized carbons (Fsp3) is 0.474. The molecule has 1 N–H and O–H groups in total. The largest absolute Gasteiger partial charge is 0.467 e. The maximum atomic E-state index is 12.5. The van der Waals surface area contributed by atoms with Crippen LogP contribution in [0.5, 0.6) is 0 Å². The van der Waals surface area contributed by atoms with Crippen molar-refractivity contribution in [1.29, 1.82) is 0 Å². The molecule has 0 amide bonds. The molecule has 0 radical (unpaired) electrons. The summed E-state index contributed by atoms with van der Waals surface area (Å²) in [4.78, 5) is 24.9. The third-order valence-electron chi connectivity index (χ3n) is 4.59. The highest BCUT2D eigenvalue weighted by Gasteiger charge is 2.55. The summed E-state index contributed by atoms with van der Waals surface area (Å²) in [5.41, 5.74) is -1.65. The van der Waals surface area contributed by atoms with Crippen LogP contribution in [0.3, 0.4) is 0 Å². The fourth-order valence-electron chi connectivity index (χ4n) is 3.45. The zero-order valence-corrected chi connectivity index (χ0v) is 16.6. The van der Waals surface area contributed by atoms with Crippen LogP contribution in [0.4, 0.5) is 0 Å². The second kappa shape index (κ2) is 8.85. The molecule has 1 saturated carbocycles. The van der Waals surface area contributed by atoms with Gasteiger partial charge in [0.05, 0.1) is 25.0 Å². The number of rotatable bonds is 7. The first kappa shape index (κ1) is 22.1. The Kier molecular flexibility index (Phi) is 6.97. The smallest absolute Gasteiger partial charge is 0.339 e. The Hall–Kier alpha value is -2.23. The van der Waals surface area contributed by atoms with Crippen LogP contribution < -0.4 is 0 Å². The number of allylic oxidation sites excluding steroid dienone is 1. The minimum Gasteiger partial charge on any atom is -0.467 e. The molecule has 1 aliphatic carbocycles. The number of hydrogen-bond acceptors (Lipinski definition) is 8. The van der Waals surface area contributed by atoms with Crippen LogP contribution in [0, 0.1) is 5.92 Å². The molecule has 8 nitrogen and oxygen atoms in total. The lowest BCUT2D eigenvalue weighted by atomic mass is 9.73. The van der Waals surface area contributed by atoms with Gasteiger partial charge in [-0.1, -0.05) is 24.3 Å². The summed E-state index contributed by atoms with van der Waals surface area (Å²) in [6.07, 6.45) is -0.196. The summed E-state index contributed by atoms with van der Waals surface area (Å²) in [5.74, 6) is -2.25. The van der Waals surface area contributed by atoms with E-state index in [1.807, 2.05) is 0 Å². The van der Waals surface area contributed by atoms with Gasteiger partial charge in [0.15, 0.2) is 5.60 Å². The lowest BCUT2D eigenvalue weighted by Gasteiger charge is -2.43. The molecule has 1 aliphatic rings. The molecule has 1 aromatic carbocycles. The summed E-state index contributed by atoms with van der Waals surface area (Å²) in [5, 5.41) is 10.7.